The number of ether oxygens (including phenoxy) is 1. The van der Waals surface area contributed by atoms with Crippen LogP contribution in [0.3, 0.4) is 0 Å². The number of benzene rings is 1. The number of amides is 2. The molecular weight excluding hydrogens is 304 g/mol. The number of nitrogens with zero attached hydrogens (tertiary/aromatic N) is 1. The molecule has 0 aromatic heterocycles. The van der Waals surface area contributed by atoms with Crippen molar-refractivity contribution in [2.45, 2.75) is 38.6 Å². The van der Waals surface area contributed by atoms with Gasteiger partial charge in [0.1, 0.15) is 5.75 Å². The average molecular weight is 330 g/mol. The molecule has 1 aromatic carbocycles. The maximum atomic E-state index is 12.5. The van der Waals surface area contributed by atoms with Crippen LogP contribution in [0.4, 0.5) is 0 Å². The molecule has 1 N–H and O–H groups in total. The van der Waals surface area contributed by atoms with E-state index in [0.29, 0.717) is 25.4 Å². The third kappa shape index (κ3) is 3.89. The summed E-state index contributed by atoms with van der Waals surface area (Å²) in [5.74, 6) is 1.83. The first-order chi connectivity index (χ1) is 11.6. The molecule has 2 atom stereocenters. The van der Waals surface area contributed by atoms with Crippen molar-refractivity contribution in [2.75, 3.05) is 20.2 Å². The maximum absolute atomic E-state index is 12.5. The number of methoxy groups -OCH3 is 1. The minimum atomic E-state index is 0.125. The number of rotatable bonds is 5. The Morgan fingerprint density at radius 1 is 1.25 bits per heavy atom. The van der Waals surface area contributed by atoms with Gasteiger partial charge in [-0.2, -0.15) is 0 Å². The summed E-state index contributed by atoms with van der Waals surface area (Å²) in [6.45, 7) is 3.53. The molecule has 5 heteroatoms. The molecule has 1 aromatic rings. The van der Waals surface area contributed by atoms with Gasteiger partial charge in [-0.1, -0.05) is 25.1 Å². The van der Waals surface area contributed by atoms with Crippen LogP contribution >= 0.6 is 0 Å². The van der Waals surface area contributed by atoms with Crippen LogP contribution in [0.1, 0.15) is 31.7 Å². The second-order valence-corrected chi connectivity index (χ2v) is 6.97. The predicted molar refractivity (Wildman–Crippen MR) is 91.7 cm³/mol. The lowest BCUT2D eigenvalue weighted by molar-refractivity contribution is -0.131. The van der Waals surface area contributed by atoms with E-state index in [1.807, 2.05) is 29.2 Å². The fourth-order valence-electron chi connectivity index (χ4n) is 3.39. The molecule has 0 radical (unpaired) electrons. The van der Waals surface area contributed by atoms with Crippen molar-refractivity contribution < 1.29 is 14.3 Å². The Morgan fingerprint density at radius 3 is 2.54 bits per heavy atom. The van der Waals surface area contributed by atoms with Crippen molar-refractivity contribution in [3.63, 3.8) is 0 Å². The van der Waals surface area contributed by atoms with Crippen LogP contribution in [0.25, 0.3) is 0 Å². The van der Waals surface area contributed by atoms with Crippen molar-refractivity contribution in [1.29, 1.82) is 0 Å². The van der Waals surface area contributed by atoms with Gasteiger partial charge in [0, 0.05) is 30.6 Å². The Kier molecular flexibility index (Phi) is 5.07. The Labute approximate surface area is 143 Å². The van der Waals surface area contributed by atoms with E-state index in [4.69, 9.17) is 4.74 Å². The van der Waals surface area contributed by atoms with Crippen LogP contribution in [0.15, 0.2) is 24.3 Å². The van der Waals surface area contributed by atoms with Crippen molar-refractivity contribution in [1.82, 2.24) is 10.2 Å². The lowest BCUT2D eigenvalue weighted by atomic mass is 10.0. The summed E-state index contributed by atoms with van der Waals surface area (Å²) >= 11 is 0. The first-order valence-corrected chi connectivity index (χ1v) is 8.78. The second kappa shape index (κ2) is 7.24. The number of para-hydroxylation sites is 1. The Hall–Kier alpha value is -2.04. The van der Waals surface area contributed by atoms with Gasteiger partial charge in [0.15, 0.2) is 0 Å². The lowest BCUT2D eigenvalue weighted by Gasteiger charge is -2.32. The van der Waals surface area contributed by atoms with E-state index < -0.39 is 0 Å². The molecule has 1 aliphatic carbocycles. The third-order valence-corrected chi connectivity index (χ3v) is 5.17. The van der Waals surface area contributed by atoms with Crippen molar-refractivity contribution in [3.8, 4) is 5.75 Å². The minimum Gasteiger partial charge on any atom is -0.496 e. The Bertz CT molecular complexity index is 608. The molecule has 3 rings (SSSR count). The average Bonchev–Trinajstić information content (AvgIpc) is 3.33. The highest BCUT2D eigenvalue weighted by atomic mass is 16.5. The maximum Gasteiger partial charge on any atom is 0.227 e. The summed E-state index contributed by atoms with van der Waals surface area (Å²) in [6, 6.07) is 7.85. The van der Waals surface area contributed by atoms with Gasteiger partial charge >= 0.3 is 0 Å². The lowest BCUT2D eigenvalue weighted by Crippen LogP contribution is -2.47. The zero-order valence-corrected chi connectivity index (χ0v) is 14.5. The van der Waals surface area contributed by atoms with Crippen LogP contribution in [-0.4, -0.2) is 43.0 Å². The van der Waals surface area contributed by atoms with Crippen LogP contribution < -0.4 is 10.1 Å². The molecule has 1 saturated carbocycles. The fourth-order valence-corrected chi connectivity index (χ4v) is 3.39. The normalized spacial score (nSPS) is 23.7. The van der Waals surface area contributed by atoms with E-state index in [0.717, 1.165) is 30.6 Å². The molecular formula is C19H26N2O3. The topological polar surface area (TPSA) is 58.6 Å². The van der Waals surface area contributed by atoms with Gasteiger partial charge in [0.2, 0.25) is 11.8 Å². The van der Waals surface area contributed by atoms with Gasteiger partial charge in [-0.05, 0) is 31.2 Å². The number of carbonyl (C=O) groups is 2. The predicted octanol–water partition coefficient (Wildman–Crippen LogP) is 2.00. The first kappa shape index (κ1) is 16.8. The smallest absolute Gasteiger partial charge is 0.227 e. The number of carbonyl (C=O) groups excluding carboxylic acids is 2. The summed E-state index contributed by atoms with van der Waals surface area (Å²) < 4.78 is 5.31. The van der Waals surface area contributed by atoms with Crippen molar-refractivity contribution in [2.24, 2.45) is 11.8 Å². The zero-order valence-electron chi connectivity index (χ0n) is 14.5. The molecule has 0 unspecified atom stereocenters. The van der Waals surface area contributed by atoms with Crippen LogP contribution in [-0.2, 0) is 16.0 Å². The van der Waals surface area contributed by atoms with Crippen molar-refractivity contribution >= 4 is 11.8 Å². The van der Waals surface area contributed by atoms with E-state index in [9.17, 15) is 9.59 Å². The highest BCUT2D eigenvalue weighted by Crippen LogP contribution is 2.37. The van der Waals surface area contributed by atoms with Crippen molar-refractivity contribution in [3.05, 3.63) is 29.8 Å². The quantitative estimate of drug-likeness (QED) is 0.898. The van der Waals surface area contributed by atoms with Crippen LogP contribution in [0.5, 0.6) is 5.75 Å². The fraction of sp³-hybridized carbons (Fsp3) is 0.579. The summed E-state index contributed by atoms with van der Waals surface area (Å²) in [5.41, 5.74) is 0.920. The summed E-state index contributed by atoms with van der Waals surface area (Å²) in [7, 11) is 1.62. The Balaban J connectivity index is 1.47. The van der Waals surface area contributed by atoms with Gasteiger partial charge < -0.3 is 15.0 Å². The molecule has 2 fully saturated rings. The molecule has 2 aliphatic rings. The van der Waals surface area contributed by atoms with Crippen LogP contribution in [0, 0.1) is 11.8 Å². The van der Waals surface area contributed by atoms with E-state index in [-0.39, 0.29) is 23.8 Å². The number of nitrogens with one attached hydrogen (secondary N) is 1. The van der Waals surface area contributed by atoms with Gasteiger partial charge in [0.05, 0.1) is 13.5 Å². The van der Waals surface area contributed by atoms with Gasteiger partial charge in [-0.15, -0.1) is 0 Å². The number of hydrogen-bond donors (Lipinski definition) is 1. The molecule has 24 heavy (non-hydrogen) atoms. The molecule has 5 nitrogen and oxygen atoms in total. The molecule has 0 bridgehead atoms. The number of piperidine rings is 1. The largest absolute Gasteiger partial charge is 0.496 e. The van der Waals surface area contributed by atoms with Gasteiger partial charge in [0.25, 0.3) is 0 Å². The number of likely N-dealkylation sites (tertiary alicyclic amines) is 1. The summed E-state index contributed by atoms with van der Waals surface area (Å²) in [6.07, 6.45) is 3.05. The third-order valence-electron chi connectivity index (χ3n) is 5.17. The highest BCUT2D eigenvalue weighted by Gasteiger charge is 2.40. The van der Waals surface area contributed by atoms with E-state index in [1.54, 1.807) is 7.11 Å². The highest BCUT2D eigenvalue weighted by molar-refractivity contribution is 5.82. The Morgan fingerprint density at radius 2 is 1.92 bits per heavy atom. The van der Waals surface area contributed by atoms with Gasteiger partial charge in [-0.3, -0.25) is 9.59 Å². The molecule has 1 aliphatic heterocycles. The van der Waals surface area contributed by atoms with Crippen LogP contribution in [0.2, 0.25) is 0 Å². The molecule has 1 saturated heterocycles. The molecule has 2 amide bonds. The SMILES string of the molecule is COc1ccccc1CC(=O)N1CCC(NC(=O)[C@H]2C[C@@H]2C)CC1. The summed E-state index contributed by atoms with van der Waals surface area (Å²) in [4.78, 5) is 26.4. The van der Waals surface area contributed by atoms with E-state index >= 15 is 0 Å². The second-order valence-electron chi connectivity index (χ2n) is 6.97. The minimum absolute atomic E-state index is 0.125. The zero-order chi connectivity index (χ0) is 17.1. The molecule has 1 heterocycles. The van der Waals surface area contributed by atoms with E-state index in [2.05, 4.69) is 12.2 Å². The standard InChI is InChI=1S/C19H26N2O3/c1-13-11-16(13)19(23)20-15-7-9-21(10-8-15)18(22)12-14-5-3-4-6-17(14)24-2/h3-6,13,15-16H,7-12H2,1-2H3,(H,20,23)/t13-,16-/m0/s1. The van der Waals surface area contributed by atoms with E-state index in [1.165, 1.54) is 0 Å². The molecule has 130 valence electrons. The van der Waals surface area contributed by atoms with Gasteiger partial charge in [-0.25, -0.2) is 0 Å². The molecule has 0 spiro atoms. The first-order valence-electron chi connectivity index (χ1n) is 8.78. The summed E-state index contributed by atoms with van der Waals surface area (Å²) in [5, 5.41) is 3.14. The monoisotopic (exact) mass is 330 g/mol. The number of hydrogen-bond acceptors (Lipinski definition) is 3.